The molecule has 8 nitrogen and oxygen atoms in total. The number of carbonyl (C=O) groups excluding carboxylic acids is 1. The number of aromatic amines is 1. The van der Waals surface area contributed by atoms with Crippen LogP contribution in [-0.2, 0) is 12.8 Å². The first-order valence-corrected chi connectivity index (χ1v) is 9.38. The van der Waals surface area contributed by atoms with Crippen molar-refractivity contribution in [2.45, 2.75) is 26.2 Å². The summed E-state index contributed by atoms with van der Waals surface area (Å²) in [6, 6.07) is 5.96. The van der Waals surface area contributed by atoms with E-state index in [0.717, 1.165) is 30.5 Å². The number of H-pyrrole nitrogens is 1. The molecule has 0 bridgehead atoms. The van der Waals surface area contributed by atoms with Gasteiger partial charge >= 0.3 is 6.03 Å². The molecular formula is C18H16Cl2N6O2. The third-order valence-electron chi connectivity index (χ3n) is 4.38. The lowest BCUT2D eigenvalue weighted by Crippen LogP contribution is -2.23. The van der Waals surface area contributed by atoms with E-state index < -0.39 is 6.03 Å². The maximum absolute atomic E-state index is 12.4. The second-order valence-electron chi connectivity index (χ2n) is 6.46. The molecule has 1 aliphatic rings. The van der Waals surface area contributed by atoms with E-state index in [1.165, 1.54) is 4.68 Å². The van der Waals surface area contributed by atoms with Gasteiger partial charge in [0, 0.05) is 17.3 Å². The van der Waals surface area contributed by atoms with Crippen molar-refractivity contribution in [3.63, 3.8) is 0 Å². The molecule has 4 rings (SSSR count). The molecule has 0 saturated heterocycles. The molecule has 0 atom stereocenters. The third-order valence-corrected chi connectivity index (χ3v) is 5.12. The Labute approximate surface area is 169 Å². The Morgan fingerprint density at radius 1 is 1.18 bits per heavy atom. The second-order valence-corrected chi connectivity index (χ2v) is 7.27. The Bertz CT molecular complexity index is 1140. The Morgan fingerprint density at radius 3 is 2.79 bits per heavy atom. The third kappa shape index (κ3) is 3.61. The predicted molar refractivity (Wildman–Crippen MR) is 108 cm³/mol. The number of hydrogen-bond acceptors (Lipinski definition) is 4. The number of carbonyl (C=O) groups is 1. The first kappa shape index (κ1) is 18.5. The van der Waals surface area contributed by atoms with E-state index in [1.54, 1.807) is 31.2 Å². The molecule has 0 saturated carbocycles. The van der Waals surface area contributed by atoms with Crippen LogP contribution in [0.1, 0.15) is 23.4 Å². The Kier molecular flexibility index (Phi) is 4.82. The van der Waals surface area contributed by atoms with E-state index >= 15 is 0 Å². The summed E-state index contributed by atoms with van der Waals surface area (Å²) in [5, 5.41) is 10.5. The summed E-state index contributed by atoms with van der Waals surface area (Å²) in [5.74, 6) is 0.639. The Morgan fingerprint density at radius 2 is 2.00 bits per heavy atom. The van der Waals surface area contributed by atoms with E-state index in [4.69, 9.17) is 23.2 Å². The second kappa shape index (κ2) is 7.29. The Balaban J connectivity index is 1.60. The van der Waals surface area contributed by atoms with Gasteiger partial charge in [0.2, 0.25) is 5.95 Å². The van der Waals surface area contributed by atoms with Crippen molar-refractivity contribution in [2.24, 2.45) is 0 Å². The lowest BCUT2D eigenvalue weighted by Gasteiger charge is -2.10. The first-order chi connectivity index (χ1) is 13.4. The van der Waals surface area contributed by atoms with E-state index in [1.807, 2.05) is 0 Å². The molecule has 3 N–H and O–H groups in total. The summed E-state index contributed by atoms with van der Waals surface area (Å²) in [7, 11) is 0. The molecule has 0 radical (unpaired) electrons. The number of aryl methyl sites for hydroxylation is 2. The van der Waals surface area contributed by atoms with Crippen LogP contribution in [0.3, 0.4) is 0 Å². The van der Waals surface area contributed by atoms with Gasteiger partial charge in [-0.05, 0) is 44.4 Å². The van der Waals surface area contributed by atoms with Crippen LogP contribution in [0.25, 0.3) is 5.95 Å². The fourth-order valence-corrected chi connectivity index (χ4v) is 3.43. The molecule has 0 fully saturated rings. The molecule has 2 aromatic heterocycles. The summed E-state index contributed by atoms with van der Waals surface area (Å²) < 4.78 is 1.41. The molecular weight excluding hydrogens is 403 g/mol. The molecule has 10 heteroatoms. The van der Waals surface area contributed by atoms with Crippen molar-refractivity contribution in [3.05, 3.63) is 61.6 Å². The van der Waals surface area contributed by atoms with Crippen LogP contribution in [0.4, 0.5) is 16.3 Å². The molecule has 2 heterocycles. The number of amides is 2. The smallest absolute Gasteiger partial charge is 0.308 e. The van der Waals surface area contributed by atoms with Crippen molar-refractivity contribution in [1.82, 2.24) is 19.7 Å². The lowest BCUT2D eigenvalue weighted by atomic mass is 10.3. The number of hydrogen-bond donors (Lipinski definition) is 3. The summed E-state index contributed by atoms with van der Waals surface area (Å²) in [6.07, 6.45) is 2.39. The highest BCUT2D eigenvalue weighted by Crippen LogP contribution is 2.25. The number of nitrogens with zero attached hydrogens (tertiary/aromatic N) is 3. The number of benzene rings is 1. The summed E-state index contributed by atoms with van der Waals surface area (Å²) in [6.45, 7) is 1.78. The van der Waals surface area contributed by atoms with Gasteiger partial charge < -0.3 is 5.32 Å². The van der Waals surface area contributed by atoms with Crippen LogP contribution in [-0.4, -0.2) is 25.8 Å². The molecule has 0 aliphatic heterocycles. The van der Waals surface area contributed by atoms with Crippen molar-refractivity contribution in [3.8, 4) is 5.95 Å². The van der Waals surface area contributed by atoms with Gasteiger partial charge in [0.15, 0.2) is 0 Å². The highest BCUT2D eigenvalue weighted by atomic mass is 35.5. The largest absolute Gasteiger partial charge is 0.324 e. The summed E-state index contributed by atoms with van der Waals surface area (Å²) in [5.41, 5.74) is 2.47. The van der Waals surface area contributed by atoms with Crippen molar-refractivity contribution < 1.29 is 4.79 Å². The predicted octanol–water partition coefficient (Wildman–Crippen LogP) is 3.70. The minimum absolute atomic E-state index is 0.170. The standard InChI is InChI=1S/C18H16Cl2N6O2/c1-9-7-15(23-18(28)21-10-5-6-12(19)13(20)8-10)26(25-9)17-22-14-4-2-3-11(14)16(27)24-17/h5-8H,2-4H2,1H3,(H2,21,23,28)(H,22,24,27). The van der Waals surface area contributed by atoms with Gasteiger partial charge in [-0.25, -0.2) is 9.78 Å². The number of nitrogens with one attached hydrogen (secondary N) is 3. The quantitative estimate of drug-likeness (QED) is 0.602. The molecule has 0 spiro atoms. The number of halogens is 2. The number of aromatic nitrogens is 4. The summed E-state index contributed by atoms with van der Waals surface area (Å²) in [4.78, 5) is 31.9. The number of urea groups is 1. The SMILES string of the molecule is Cc1cc(NC(=O)Nc2ccc(Cl)c(Cl)c2)n(-c2nc3c(c(=O)[nH]2)CCC3)n1. The topological polar surface area (TPSA) is 105 Å². The van der Waals surface area contributed by atoms with Crippen LogP contribution in [0.2, 0.25) is 10.0 Å². The molecule has 3 aromatic rings. The lowest BCUT2D eigenvalue weighted by molar-refractivity contribution is 0.262. The van der Waals surface area contributed by atoms with Gasteiger partial charge in [-0.3, -0.25) is 15.1 Å². The molecule has 2 amide bonds. The fourth-order valence-electron chi connectivity index (χ4n) is 3.13. The van der Waals surface area contributed by atoms with Gasteiger partial charge in [-0.1, -0.05) is 23.2 Å². The van der Waals surface area contributed by atoms with Gasteiger partial charge in [0.1, 0.15) is 5.82 Å². The molecule has 28 heavy (non-hydrogen) atoms. The molecule has 1 aromatic carbocycles. The van der Waals surface area contributed by atoms with Crippen molar-refractivity contribution >= 4 is 40.7 Å². The van der Waals surface area contributed by atoms with Crippen LogP contribution in [0.15, 0.2) is 29.1 Å². The van der Waals surface area contributed by atoms with Gasteiger partial charge in [0.05, 0.1) is 21.4 Å². The van der Waals surface area contributed by atoms with Crippen LogP contribution < -0.4 is 16.2 Å². The highest BCUT2D eigenvalue weighted by molar-refractivity contribution is 6.42. The van der Waals surface area contributed by atoms with E-state index in [9.17, 15) is 9.59 Å². The molecule has 1 aliphatic carbocycles. The highest BCUT2D eigenvalue weighted by Gasteiger charge is 2.20. The average molecular weight is 419 g/mol. The zero-order valence-corrected chi connectivity index (χ0v) is 16.4. The monoisotopic (exact) mass is 418 g/mol. The van der Waals surface area contributed by atoms with Gasteiger partial charge in [-0.15, -0.1) is 0 Å². The molecule has 144 valence electrons. The van der Waals surface area contributed by atoms with Crippen LogP contribution in [0, 0.1) is 6.92 Å². The van der Waals surface area contributed by atoms with E-state index in [-0.39, 0.29) is 11.5 Å². The number of fused-ring (bicyclic) bond motifs is 1. The minimum atomic E-state index is -0.497. The van der Waals surface area contributed by atoms with E-state index in [0.29, 0.717) is 27.2 Å². The Hall–Kier alpha value is -2.84. The van der Waals surface area contributed by atoms with Gasteiger partial charge in [-0.2, -0.15) is 9.78 Å². The average Bonchev–Trinajstić information content (AvgIpc) is 3.24. The van der Waals surface area contributed by atoms with Crippen LogP contribution >= 0.6 is 23.2 Å². The zero-order valence-electron chi connectivity index (χ0n) is 14.8. The van der Waals surface area contributed by atoms with Crippen molar-refractivity contribution in [1.29, 1.82) is 0 Å². The van der Waals surface area contributed by atoms with Gasteiger partial charge in [0.25, 0.3) is 5.56 Å². The van der Waals surface area contributed by atoms with E-state index in [2.05, 4.69) is 25.7 Å². The van der Waals surface area contributed by atoms with Crippen LogP contribution in [0.5, 0.6) is 0 Å². The zero-order chi connectivity index (χ0) is 19.8. The number of rotatable bonds is 3. The normalized spacial score (nSPS) is 12.7. The molecule has 0 unspecified atom stereocenters. The first-order valence-electron chi connectivity index (χ1n) is 8.63. The number of anilines is 2. The minimum Gasteiger partial charge on any atom is -0.308 e. The maximum Gasteiger partial charge on any atom is 0.324 e. The maximum atomic E-state index is 12.4. The fraction of sp³-hybridized carbons (Fsp3) is 0.222. The van der Waals surface area contributed by atoms with Crippen molar-refractivity contribution in [2.75, 3.05) is 10.6 Å². The summed E-state index contributed by atoms with van der Waals surface area (Å²) >= 11 is 11.9.